The fraction of sp³-hybridized carbons (Fsp3) is 0.462. The lowest BCUT2D eigenvalue weighted by molar-refractivity contribution is -0.173. The number of rotatable bonds is 5. The Balaban J connectivity index is 1.89. The lowest BCUT2D eigenvalue weighted by Gasteiger charge is -2.09. The van der Waals surface area contributed by atoms with Crippen molar-refractivity contribution in [2.45, 2.75) is 19.0 Å². The molecule has 19 heavy (non-hydrogen) atoms. The van der Waals surface area contributed by atoms with Crippen molar-refractivity contribution in [2.75, 3.05) is 19.8 Å². The molecule has 0 spiro atoms. The minimum absolute atomic E-state index is 0.0874. The van der Waals surface area contributed by atoms with Gasteiger partial charge in [0.05, 0.1) is 18.8 Å². The van der Waals surface area contributed by atoms with E-state index < -0.39 is 12.8 Å². The Kier molecular flexibility index (Phi) is 4.09. The minimum Gasteiger partial charge on any atom is -0.492 e. The third kappa shape index (κ3) is 3.70. The summed E-state index contributed by atoms with van der Waals surface area (Å²) in [5, 5.41) is 0. The predicted molar refractivity (Wildman–Crippen MR) is 61.5 cm³/mol. The molecule has 0 unspecified atom stereocenters. The van der Waals surface area contributed by atoms with E-state index in [1.54, 1.807) is 12.1 Å². The van der Waals surface area contributed by atoms with Gasteiger partial charge >= 0.3 is 6.18 Å². The standard InChI is InChI=1S/C13H13F3O3/c14-13(15,16)8-18-6-5-11(17)10-3-1-2-9-4-7-19-12(9)10/h1-3H,4-8H2. The van der Waals surface area contributed by atoms with Crippen LogP contribution in [0.1, 0.15) is 22.3 Å². The topological polar surface area (TPSA) is 35.5 Å². The molecule has 2 rings (SSSR count). The van der Waals surface area contributed by atoms with Crippen LogP contribution in [0.4, 0.5) is 13.2 Å². The van der Waals surface area contributed by atoms with Gasteiger partial charge in [-0.25, -0.2) is 0 Å². The van der Waals surface area contributed by atoms with E-state index in [1.807, 2.05) is 6.07 Å². The van der Waals surface area contributed by atoms with Crippen molar-refractivity contribution in [1.29, 1.82) is 0 Å². The molecule has 0 amide bonds. The molecule has 0 fully saturated rings. The second kappa shape index (κ2) is 5.61. The van der Waals surface area contributed by atoms with Gasteiger partial charge in [0.2, 0.25) is 0 Å². The normalized spacial score (nSPS) is 14.1. The lowest BCUT2D eigenvalue weighted by atomic mass is 10.0. The number of benzene rings is 1. The van der Waals surface area contributed by atoms with Gasteiger partial charge in [0.25, 0.3) is 0 Å². The predicted octanol–water partition coefficient (Wildman–Crippen LogP) is 2.77. The summed E-state index contributed by atoms with van der Waals surface area (Å²) in [6, 6.07) is 5.24. The van der Waals surface area contributed by atoms with Crippen LogP contribution in [0.15, 0.2) is 18.2 Å². The van der Waals surface area contributed by atoms with Gasteiger partial charge in [0, 0.05) is 12.8 Å². The first-order valence-corrected chi connectivity index (χ1v) is 5.90. The number of ether oxygens (including phenoxy) is 2. The van der Waals surface area contributed by atoms with Gasteiger partial charge < -0.3 is 9.47 Å². The number of hydrogen-bond donors (Lipinski definition) is 0. The number of para-hydroxylation sites is 1. The van der Waals surface area contributed by atoms with Crippen LogP contribution >= 0.6 is 0 Å². The lowest BCUT2D eigenvalue weighted by Crippen LogP contribution is -2.18. The number of hydrogen-bond acceptors (Lipinski definition) is 3. The quantitative estimate of drug-likeness (QED) is 0.612. The molecule has 0 atom stereocenters. The summed E-state index contributed by atoms with van der Waals surface area (Å²) in [5.74, 6) is 0.296. The molecule has 0 saturated carbocycles. The molecule has 0 radical (unpaired) electrons. The number of fused-ring (bicyclic) bond motifs is 1. The molecular formula is C13H13F3O3. The van der Waals surface area contributed by atoms with Crippen LogP contribution in [-0.2, 0) is 11.2 Å². The highest BCUT2D eigenvalue weighted by Gasteiger charge is 2.27. The fourth-order valence-electron chi connectivity index (χ4n) is 1.92. The molecule has 1 aromatic carbocycles. The molecule has 1 aliphatic heterocycles. The Bertz CT molecular complexity index is 469. The van der Waals surface area contributed by atoms with Crippen molar-refractivity contribution in [2.24, 2.45) is 0 Å². The first-order chi connectivity index (χ1) is 8.97. The summed E-state index contributed by atoms with van der Waals surface area (Å²) in [6.45, 7) is -1.05. The fourth-order valence-corrected chi connectivity index (χ4v) is 1.92. The van der Waals surface area contributed by atoms with E-state index in [1.165, 1.54) is 0 Å². The third-order valence-electron chi connectivity index (χ3n) is 2.75. The van der Waals surface area contributed by atoms with E-state index in [2.05, 4.69) is 4.74 Å². The highest BCUT2D eigenvalue weighted by Crippen LogP contribution is 2.30. The second-order valence-electron chi connectivity index (χ2n) is 4.23. The van der Waals surface area contributed by atoms with E-state index in [0.29, 0.717) is 17.9 Å². The zero-order valence-corrected chi connectivity index (χ0v) is 10.1. The van der Waals surface area contributed by atoms with Crippen LogP contribution < -0.4 is 4.74 Å². The van der Waals surface area contributed by atoms with Crippen molar-refractivity contribution >= 4 is 5.78 Å². The number of Topliss-reactive ketones (excluding diaryl/α,β-unsaturated/α-hetero) is 1. The van der Waals surface area contributed by atoms with Crippen molar-refractivity contribution in [3.8, 4) is 5.75 Å². The van der Waals surface area contributed by atoms with Gasteiger partial charge in [0.15, 0.2) is 5.78 Å². The molecular weight excluding hydrogens is 261 g/mol. The van der Waals surface area contributed by atoms with Crippen LogP contribution in [0, 0.1) is 0 Å². The molecule has 3 nitrogen and oxygen atoms in total. The second-order valence-corrected chi connectivity index (χ2v) is 4.23. The Morgan fingerprint density at radius 1 is 1.37 bits per heavy atom. The maximum absolute atomic E-state index is 11.9. The van der Waals surface area contributed by atoms with Crippen LogP contribution in [-0.4, -0.2) is 31.8 Å². The van der Waals surface area contributed by atoms with Crippen LogP contribution in [0.3, 0.4) is 0 Å². The number of alkyl halides is 3. The van der Waals surface area contributed by atoms with Crippen molar-refractivity contribution in [3.05, 3.63) is 29.3 Å². The molecule has 1 aliphatic rings. The summed E-state index contributed by atoms with van der Waals surface area (Å²) in [4.78, 5) is 11.9. The Hall–Kier alpha value is -1.56. The Labute approximate surface area is 108 Å². The molecule has 0 N–H and O–H groups in total. The average Bonchev–Trinajstić information content (AvgIpc) is 2.81. The maximum atomic E-state index is 11.9. The zero-order chi connectivity index (χ0) is 13.9. The van der Waals surface area contributed by atoms with Crippen LogP contribution in [0.5, 0.6) is 5.75 Å². The molecule has 0 bridgehead atoms. The average molecular weight is 274 g/mol. The highest BCUT2D eigenvalue weighted by atomic mass is 19.4. The van der Waals surface area contributed by atoms with Crippen molar-refractivity contribution in [1.82, 2.24) is 0 Å². The van der Waals surface area contributed by atoms with E-state index in [0.717, 1.165) is 12.0 Å². The maximum Gasteiger partial charge on any atom is 0.411 e. The first kappa shape index (κ1) is 13.9. The highest BCUT2D eigenvalue weighted by molar-refractivity contribution is 5.99. The molecule has 0 aliphatic carbocycles. The van der Waals surface area contributed by atoms with Gasteiger partial charge in [-0.1, -0.05) is 12.1 Å². The molecule has 0 saturated heterocycles. The SMILES string of the molecule is O=C(CCOCC(F)(F)F)c1cccc2c1OCC2. The number of ketones is 1. The van der Waals surface area contributed by atoms with Gasteiger partial charge in [-0.05, 0) is 11.6 Å². The third-order valence-corrected chi connectivity index (χ3v) is 2.75. The van der Waals surface area contributed by atoms with E-state index in [9.17, 15) is 18.0 Å². The first-order valence-electron chi connectivity index (χ1n) is 5.90. The monoisotopic (exact) mass is 274 g/mol. The van der Waals surface area contributed by atoms with Gasteiger partial charge in [0.1, 0.15) is 12.4 Å². The molecule has 0 aromatic heterocycles. The van der Waals surface area contributed by atoms with Crippen molar-refractivity contribution in [3.63, 3.8) is 0 Å². The van der Waals surface area contributed by atoms with Gasteiger partial charge in [-0.15, -0.1) is 0 Å². The Morgan fingerprint density at radius 2 is 2.16 bits per heavy atom. The molecule has 1 aromatic rings. The van der Waals surface area contributed by atoms with Gasteiger partial charge in [-0.3, -0.25) is 4.79 Å². The van der Waals surface area contributed by atoms with Gasteiger partial charge in [-0.2, -0.15) is 13.2 Å². The summed E-state index contributed by atoms with van der Waals surface area (Å²) in [7, 11) is 0. The molecule has 1 heterocycles. The summed E-state index contributed by atoms with van der Waals surface area (Å²) in [6.07, 6.45) is -3.70. The molecule has 104 valence electrons. The van der Waals surface area contributed by atoms with Crippen LogP contribution in [0.2, 0.25) is 0 Å². The number of halogens is 3. The van der Waals surface area contributed by atoms with E-state index in [4.69, 9.17) is 4.74 Å². The summed E-state index contributed by atoms with van der Waals surface area (Å²) >= 11 is 0. The number of carbonyl (C=O) groups excluding carboxylic acids is 1. The smallest absolute Gasteiger partial charge is 0.411 e. The number of carbonyl (C=O) groups is 1. The zero-order valence-electron chi connectivity index (χ0n) is 10.1. The van der Waals surface area contributed by atoms with E-state index >= 15 is 0 Å². The van der Waals surface area contributed by atoms with E-state index in [-0.39, 0.29) is 18.8 Å². The molecule has 6 heteroatoms. The summed E-state index contributed by atoms with van der Waals surface area (Å²) in [5.41, 5.74) is 1.38. The Morgan fingerprint density at radius 3 is 2.89 bits per heavy atom. The van der Waals surface area contributed by atoms with Crippen LogP contribution in [0.25, 0.3) is 0 Å². The minimum atomic E-state index is -4.36. The van der Waals surface area contributed by atoms with Crippen molar-refractivity contribution < 1.29 is 27.4 Å². The summed E-state index contributed by atoms with van der Waals surface area (Å²) < 4.78 is 45.4. The largest absolute Gasteiger partial charge is 0.492 e.